The second-order valence-corrected chi connectivity index (χ2v) is 3.10. The van der Waals surface area contributed by atoms with E-state index in [1.165, 1.54) is 0 Å². The van der Waals surface area contributed by atoms with Gasteiger partial charge in [-0.15, -0.1) is 0 Å². The van der Waals surface area contributed by atoms with Gasteiger partial charge in [-0.3, -0.25) is 4.79 Å². The summed E-state index contributed by atoms with van der Waals surface area (Å²) < 4.78 is 7.17. The molecule has 0 bridgehead atoms. The van der Waals surface area contributed by atoms with Crippen molar-refractivity contribution in [3.8, 4) is 0 Å². The highest BCUT2D eigenvalue weighted by molar-refractivity contribution is 5.71. The Bertz CT molecular complexity index is 271. The van der Waals surface area contributed by atoms with Crippen molar-refractivity contribution in [2.45, 2.75) is 26.3 Å². The second kappa shape index (κ2) is 6.32. The van der Waals surface area contributed by atoms with Gasteiger partial charge in [0.2, 0.25) is 0 Å². The molecule has 0 aromatic carbocycles. The van der Waals surface area contributed by atoms with Gasteiger partial charge in [-0.1, -0.05) is 13.3 Å². The Hall–Kier alpha value is -1.16. The topological polar surface area (TPSA) is 44.1 Å². The normalized spacial score (nSPS) is 10.4. The van der Waals surface area contributed by atoms with Gasteiger partial charge in [0.25, 0.3) is 0 Å². The first kappa shape index (κ1) is 10.9. The Morgan fingerprint density at radius 2 is 2.43 bits per heavy atom. The minimum absolute atomic E-state index is 0.601. The zero-order chi connectivity index (χ0) is 10.2. The van der Waals surface area contributed by atoms with Gasteiger partial charge in [0.1, 0.15) is 5.69 Å². The minimum Gasteiger partial charge on any atom is -0.380 e. The monoisotopic (exact) mass is 196 g/mol. The third kappa shape index (κ3) is 3.30. The summed E-state index contributed by atoms with van der Waals surface area (Å²) in [5, 5.41) is 0. The zero-order valence-electron chi connectivity index (χ0n) is 8.48. The van der Waals surface area contributed by atoms with Crippen molar-refractivity contribution in [2.24, 2.45) is 0 Å². The molecule has 0 amide bonds. The molecular formula is C10H16N2O2. The summed E-state index contributed by atoms with van der Waals surface area (Å²) in [4.78, 5) is 14.4. The van der Waals surface area contributed by atoms with Gasteiger partial charge in [-0.05, 0) is 6.42 Å². The van der Waals surface area contributed by atoms with E-state index in [0.29, 0.717) is 18.8 Å². The lowest BCUT2D eigenvalue weighted by Gasteiger charge is -2.05. The third-order valence-corrected chi connectivity index (χ3v) is 1.98. The lowest BCUT2D eigenvalue weighted by atomic mass is 10.4. The Kier molecular flexibility index (Phi) is 4.93. The summed E-state index contributed by atoms with van der Waals surface area (Å²) in [6.07, 6.45) is 6.24. The molecule has 0 aliphatic heterocycles. The van der Waals surface area contributed by atoms with Crippen molar-refractivity contribution in [1.29, 1.82) is 0 Å². The number of hydrogen-bond donors (Lipinski definition) is 0. The van der Waals surface area contributed by atoms with E-state index in [1.807, 2.05) is 0 Å². The number of aromatic nitrogens is 2. The maximum atomic E-state index is 10.5. The van der Waals surface area contributed by atoms with Gasteiger partial charge in [-0.2, -0.15) is 0 Å². The van der Waals surface area contributed by atoms with E-state index in [2.05, 4.69) is 11.9 Å². The van der Waals surface area contributed by atoms with Gasteiger partial charge in [0, 0.05) is 13.2 Å². The molecule has 78 valence electrons. The van der Waals surface area contributed by atoms with Gasteiger partial charge in [0.15, 0.2) is 6.29 Å². The Morgan fingerprint density at radius 1 is 1.57 bits per heavy atom. The molecule has 1 heterocycles. The van der Waals surface area contributed by atoms with Gasteiger partial charge >= 0.3 is 0 Å². The van der Waals surface area contributed by atoms with Gasteiger partial charge < -0.3 is 9.30 Å². The number of unbranched alkanes of at least 4 members (excludes halogenated alkanes) is 1. The largest absolute Gasteiger partial charge is 0.380 e. The molecule has 14 heavy (non-hydrogen) atoms. The van der Waals surface area contributed by atoms with Crippen molar-refractivity contribution < 1.29 is 9.53 Å². The van der Waals surface area contributed by atoms with Crippen LogP contribution in [0.3, 0.4) is 0 Å². The molecule has 0 aliphatic carbocycles. The molecule has 0 saturated heterocycles. The summed E-state index contributed by atoms with van der Waals surface area (Å²) in [7, 11) is 0. The van der Waals surface area contributed by atoms with Crippen LogP contribution in [-0.4, -0.2) is 29.1 Å². The van der Waals surface area contributed by atoms with E-state index in [1.54, 1.807) is 17.1 Å². The Morgan fingerprint density at radius 3 is 3.14 bits per heavy atom. The minimum atomic E-state index is 0.601. The highest BCUT2D eigenvalue weighted by atomic mass is 16.5. The first-order valence-corrected chi connectivity index (χ1v) is 4.91. The molecule has 0 radical (unpaired) electrons. The van der Waals surface area contributed by atoms with Crippen LogP contribution in [0.25, 0.3) is 0 Å². The molecule has 0 spiro atoms. The average molecular weight is 196 g/mol. The van der Waals surface area contributed by atoms with E-state index in [-0.39, 0.29) is 0 Å². The number of carbonyl (C=O) groups is 1. The number of carbonyl (C=O) groups excluding carboxylic acids is 1. The molecule has 4 nitrogen and oxygen atoms in total. The summed E-state index contributed by atoms with van der Waals surface area (Å²) in [6.45, 7) is 4.25. The van der Waals surface area contributed by atoms with Gasteiger partial charge in [0.05, 0.1) is 19.1 Å². The van der Waals surface area contributed by atoms with Crippen LogP contribution in [0.1, 0.15) is 30.3 Å². The summed E-state index contributed by atoms with van der Waals surface area (Å²) >= 11 is 0. The maximum absolute atomic E-state index is 10.5. The predicted molar refractivity (Wildman–Crippen MR) is 53.3 cm³/mol. The average Bonchev–Trinajstić information content (AvgIpc) is 2.65. The molecule has 4 heteroatoms. The quantitative estimate of drug-likeness (QED) is 0.490. The van der Waals surface area contributed by atoms with E-state index in [4.69, 9.17) is 4.74 Å². The van der Waals surface area contributed by atoms with Crippen molar-refractivity contribution in [2.75, 3.05) is 13.2 Å². The predicted octanol–water partition coefficient (Wildman–Crippen LogP) is 1.51. The van der Waals surface area contributed by atoms with Crippen molar-refractivity contribution >= 4 is 6.29 Å². The Labute approximate surface area is 83.9 Å². The molecule has 0 unspecified atom stereocenters. The highest BCUT2D eigenvalue weighted by Crippen LogP contribution is 1.96. The van der Waals surface area contributed by atoms with Crippen molar-refractivity contribution in [3.05, 3.63) is 18.2 Å². The van der Waals surface area contributed by atoms with Crippen molar-refractivity contribution in [3.63, 3.8) is 0 Å². The van der Waals surface area contributed by atoms with Crippen LogP contribution in [0, 0.1) is 0 Å². The van der Waals surface area contributed by atoms with Crippen LogP contribution in [-0.2, 0) is 11.3 Å². The fraction of sp³-hybridized carbons (Fsp3) is 0.600. The van der Waals surface area contributed by atoms with Gasteiger partial charge in [-0.25, -0.2) is 4.98 Å². The number of nitrogens with zero attached hydrogens (tertiary/aromatic N) is 2. The first-order chi connectivity index (χ1) is 6.88. The molecule has 0 fully saturated rings. The number of hydrogen-bond acceptors (Lipinski definition) is 3. The van der Waals surface area contributed by atoms with Crippen molar-refractivity contribution in [1.82, 2.24) is 9.55 Å². The van der Waals surface area contributed by atoms with Crippen LogP contribution in [0.2, 0.25) is 0 Å². The third-order valence-electron chi connectivity index (χ3n) is 1.98. The molecule has 0 aliphatic rings. The fourth-order valence-electron chi connectivity index (χ4n) is 1.13. The Balaban J connectivity index is 2.21. The smallest absolute Gasteiger partial charge is 0.168 e. The fourth-order valence-corrected chi connectivity index (χ4v) is 1.13. The number of rotatable bonds is 7. The number of ether oxygens (including phenoxy) is 1. The molecule has 0 N–H and O–H groups in total. The van der Waals surface area contributed by atoms with E-state index in [0.717, 1.165) is 25.7 Å². The summed E-state index contributed by atoms with van der Waals surface area (Å²) in [5.41, 5.74) is 0.601. The summed E-state index contributed by atoms with van der Waals surface area (Å²) in [6, 6.07) is 0. The maximum Gasteiger partial charge on any atom is 0.168 e. The summed E-state index contributed by atoms with van der Waals surface area (Å²) in [5.74, 6) is 0. The number of imidazole rings is 1. The molecule has 1 aromatic heterocycles. The van der Waals surface area contributed by atoms with Crippen LogP contribution < -0.4 is 0 Å². The lowest BCUT2D eigenvalue weighted by molar-refractivity contribution is 0.110. The molecule has 0 saturated carbocycles. The zero-order valence-corrected chi connectivity index (χ0v) is 8.48. The second-order valence-electron chi connectivity index (χ2n) is 3.10. The van der Waals surface area contributed by atoms with E-state index in [9.17, 15) is 4.79 Å². The van der Waals surface area contributed by atoms with Crippen LogP contribution in [0.5, 0.6) is 0 Å². The molecule has 1 aromatic rings. The van der Waals surface area contributed by atoms with Crippen LogP contribution in [0.15, 0.2) is 12.5 Å². The van der Waals surface area contributed by atoms with E-state index >= 15 is 0 Å². The van der Waals surface area contributed by atoms with Crippen LogP contribution >= 0.6 is 0 Å². The number of aldehydes is 1. The first-order valence-electron chi connectivity index (χ1n) is 4.91. The highest BCUT2D eigenvalue weighted by Gasteiger charge is 1.98. The van der Waals surface area contributed by atoms with Crippen LogP contribution in [0.4, 0.5) is 0 Å². The van der Waals surface area contributed by atoms with E-state index < -0.39 is 0 Å². The SMILES string of the molecule is CCCCOCCn1cncc1C=O. The molecule has 1 rings (SSSR count). The molecule has 0 atom stereocenters. The lowest BCUT2D eigenvalue weighted by Crippen LogP contribution is -2.08. The standard InChI is InChI=1S/C10H16N2O2/c1-2-3-5-14-6-4-12-9-11-7-10(12)8-13/h7-9H,2-6H2,1H3. The molecular weight excluding hydrogens is 180 g/mol.